The summed E-state index contributed by atoms with van der Waals surface area (Å²) in [6.45, 7) is 4.08. The molecule has 0 aliphatic rings. The smallest absolute Gasteiger partial charge is 0.217 e. The second kappa shape index (κ2) is 3.23. The molecule has 1 rings (SSSR count). The van der Waals surface area contributed by atoms with E-state index in [1.165, 1.54) is 6.92 Å². The van der Waals surface area contributed by atoms with Crippen LogP contribution in [0.15, 0.2) is 12.1 Å². The van der Waals surface area contributed by atoms with Gasteiger partial charge in [0.25, 0.3) is 0 Å². The van der Waals surface area contributed by atoms with E-state index in [1.807, 2.05) is 19.1 Å². The molecule has 0 bridgehead atoms. The van der Waals surface area contributed by atoms with Crippen LogP contribution in [0.2, 0.25) is 0 Å². The highest BCUT2D eigenvalue weighted by atomic mass is 16.1. The van der Waals surface area contributed by atoms with Gasteiger partial charge in [0, 0.05) is 18.3 Å². The molecule has 0 radical (unpaired) electrons. The quantitative estimate of drug-likeness (QED) is 0.651. The van der Waals surface area contributed by atoms with Crippen molar-refractivity contribution >= 4 is 5.91 Å². The molecule has 1 aromatic rings. The first-order valence-electron chi connectivity index (χ1n) is 3.57. The number of aromatic amines is 1. The van der Waals surface area contributed by atoms with E-state index >= 15 is 0 Å². The van der Waals surface area contributed by atoms with Crippen LogP contribution in [0.4, 0.5) is 0 Å². The summed E-state index contributed by atoms with van der Waals surface area (Å²) in [5.74, 6) is -0.00254. The third-order valence-electron chi connectivity index (χ3n) is 1.42. The van der Waals surface area contributed by atoms with Crippen LogP contribution in [0.25, 0.3) is 0 Å². The molecule has 1 heterocycles. The van der Waals surface area contributed by atoms with E-state index in [0.717, 1.165) is 11.4 Å². The molecule has 1 aromatic heterocycles. The molecule has 0 unspecified atom stereocenters. The normalized spacial score (nSPS) is 9.64. The standard InChI is InChI=1S/C8H12N2O/c1-6-3-4-8(10-6)5-9-7(2)11/h3-4,10H,5H2,1-2H3,(H,9,11). The Hall–Kier alpha value is -1.25. The van der Waals surface area contributed by atoms with Gasteiger partial charge >= 0.3 is 0 Å². The Bertz CT molecular complexity index is 252. The Kier molecular flexibility index (Phi) is 2.31. The molecule has 1 amide bonds. The monoisotopic (exact) mass is 152 g/mol. The minimum absolute atomic E-state index is 0.00254. The van der Waals surface area contributed by atoms with Gasteiger partial charge in [-0.05, 0) is 19.1 Å². The maximum absolute atomic E-state index is 10.5. The fraction of sp³-hybridized carbons (Fsp3) is 0.375. The van der Waals surface area contributed by atoms with Gasteiger partial charge in [0.05, 0.1) is 6.54 Å². The van der Waals surface area contributed by atoms with Crippen LogP contribution in [-0.2, 0) is 11.3 Å². The molecule has 0 saturated heterocycles. The van der Waals surface area contributed by atoms with Crippen LogP contribution < -0.4 is 5.32 Å². The number of carbonyl (C=O) groups is 1. The SMILES string of the molecule is CC(=O)NCc1ccc(C)[nH]1. The van der Waals surface area contributed by atoms with Gasteiger partial charge < -0.3 is 10.3 Å². The number of hydrogen-bond acceptors (Lipinski definition) is 1. The summed E-state index contributed by atoms with van der Waals surface area (Å²) in [6, 6.07) is 3.95. The van der Waals surface area contributed by atoms with E-state index in [1.54, 1.807) is 0 Å². The Labute approximate surface area is 65.8 Å². The second-order valence-electron chi connectivity index (χ2n) is 2.58. The molecule has 3 nitrogen and oxygen atoms in total. The van der Waals surface area contributed by atoms with Gasteiger partial charge in [0.2, 0.25) is 5.91 Å². The Balaban J connectivity index is 2.45. The highest BCUT2D eigenvalue weighted by molar-refractivity contribution is 5.72. The first-order chi connectivity index (χ1) is 5.18. The van der Waals surface area contributed by atoms with Gasteiger partial charge in [-0.3, -0.25) is 4.79 Å². The molecular weight excluding hydrogens is 140 g/mol. The van der Waals surface area contributed by atoms with E-state index < -0.39 is 0 Å². The lowest BCUT2D eigenvalue weighted by atomic mass is 10.4. The number of aromatic nitrogens is 1. The number of hydrogen-bond donors (Lipinski definition) is 2. The molecule has 2 N–H and O–H groups in total. The minimum atomic E-state index is -0.00254. The molecular formula is C8H12N2O. The molecule has 0 aliphatic carbocycles. The summed E-state index contributed by atoms with van der Waals surface area (Å²) in [5, 5.41) is 2.70. The summed E-state index contributed by atoms with van der Waals surface area (Å²) in [5.41, 5.74) is 2.16. The number of aryl methyl sites for hydroxylation is 1. The van der Waals surface area contributed by atoms with Crippen molar-refractivity contribution in [3.8, 4) is 0 Å². The predicted octanol–water partition coefficient (Wildman–Crippen LogP) is 0.959. The average molecular weight is 152 g/mol. The average Bonchev–Trinajstić information content (AvgIpc) is 2.31. The van der Waals surface area contributed by atoms with Crippen molar-refractivity contribution in [3.05, 3.63) is 23.5 Å². The maximum atomic E-state index is 10.5. The van der Waals surface area contributed by atoms with E-state index in [-0.39, 0.29) is 5.91 Å². The van der Waals surface area contributed by atoms with Crippen LogP contribution in [0.3, 0.4) is 0 Å². The topological polar surface area (TPSA) is 44.9 Å². The van der Waals surface area contributed by atoms with Crippen LogP contribution in [0.1, 0.15) is 18.3 Å². The zero-order valence-corrected chi connectivity index (χ0v) is 6.77. The van der Waals surface area contributed by atoms with Crippen LogP contribution >= 0.6 is 0 Å². The fourth-order valence-corrected chi connectivity index (χ4v) is 0.885. The summed E-state index contributed by atoms with van der Waals surface area (Å²) in [6.07, 6.45) is 0. The summed E-state index contributed by atoms with van der Waals surface area (Å²) >= 11 is 0. The zero-order chi connectivity index (χ0) is 8.27. The van der Waals surface area contributed by atoms with Crippen molar-refractivity contribution in [3.63, 3.8) is 0 Å². The summed E-state index contributed by atoms with van der Waals surface area (Å²) in [4.78, 5) is 13.6. The molecule has 60 valence electrons. The first-order valence-corrected chi connectivity index (χ1v) is 3.57. The lowest BCUT2D eigenvalue weighted by molar-refractivity contribution is -0.119. The number of nitrogens with one attached hydrogen (secondary N) is 2. The zero-order valence-electron chi connectivity index (χ0n) is 6.77. The van der Waals surface area contributed by atoms with Crippen molar-refractivity contribution < 1.29 is 4.79 Å². The van der Waals surface area contributed by atoms with Gasteiger partial charge in [-0.15, -0.1) is 0 Å². The molecule has 0 saturated carbocycles. The van der Waals surface area contributed by atoms with Crippen LogP contribution in [0.5, 0.6) is 0 Å². The van der Waals surface area contributed by atoms with Crippen molar-refractivity contribution in [1.29, 1.82) is 0 Å². The number of amides is 1. The van der Waals surface area contributed by atoms with Gasteiger partial charge in [0.1, 0.15) is 0 Å². The lowest BCUT2D eigenvalue weighted by Gasteiger charge is -1.97. The van der Waals surface area contributed by atoms with Crippen LogP contribution in [0, 0.1) is 6.92 Å². The van der Waals surface area contributed by atoms with Crippen molar-refractivity contribution in [1.82, 2.24) is 10.3 Å². The molecule has 11 heavy (non-hydrogen) atoms. The molecule has 0 fully saturated rings. The second-order valence-corrected chi connectivity index (χ2v) is 2.58. The predicted molar refractivity (Wildman–Crippen MR) is 43.1 cm³/mol. The third kappa shape index (κ3) is 2.45. The van der Waals surface area contributed by atoms with Gasteiger partial charge in [0.15, 0.2) is 0 Å². The molecule has 3 heteroatoms. The number of carbonyl (C=O) groups excluding carboxylic acids is 1. The number of rotatable bonds is 2. The molecule has 0 atom stereocenters. The first kappa shape index (κ1) is 7.85. The van der Waals surface area contributed by atoms with E-state index in [2.05, 4.69) is 10.3 Å². The highest BCUT2D eigenvalue weighted by Crippen LogP contribution is 1.98. The molecule has 0 aliphatic heterocycles. The fourth-order valence-electron chi connectivity index (χ4n) is 0.885. The van der Waals surface area contributed by atoms with Crippen LogP contribution in [-0.4, -0.2) is 10.9 Å². The van der Waals surface area contributed by atoms with E-state index in [0.29, 0.717) is 6.54 Å². The van der Waals surface area contributed by atoms with Gasteiger partial charge in [-0.1, -0.05) is 0 Å². The van der Waals surface area contributed by atoms with Crippen molar-refractivity contribution in [2.75, 3.05) is 0 Å². The molecule has 0 aromatic carbocycles. The van der Waals surface area contributed by atoms with Crippen molar-refractivity contribution in [2.24, 2.45) is 0 Å². The number of H-pyrrole nitrogens is 1. The third-order valence-corrected chi connectivity index (χ3v) is 1.42. The van der Waals surface area contributed by atoms with Gasteiger partial charge in [-0.2, -0.15) is 0 Å². The van der Waals surface area contributed by atoms with E-state index in [4.69, 9.17) is 0 Å². The largest absolute Gasteiger partial charge is 0.361 e. The Morgan fingerprint density at radius 3 is 2.82 bits per heavy atom. The van der Waals surface area contributed by atoms with E-state index in [9.17, 15) is 4.79 Å². The summed E-state index contributed by atoms with van der Waals surface area (Å²) < 4.78 is 0. The van der Waals surface area contributed by atoms with Gasteiger partial charge in [-0.25, -0.2) is 0 Å². The molecule has 0 spiro atoms. The lowest BCUT2D eigenvalue weighted by Crippen LogP contribution is -2.18. The minimum Gasteiger partial charge on any atom is -0.361 e. The maximum Gasteiger partial charge on any atom is 0.217 e. The Morgan fingerprint density at radius 2 is 2.36 bits per heavy atom. The highest BCUT2D eigenvalue weighted by Gasteiger charge is 1.94. The summed E-state index contributed by atoms with van der Waals surface area (Å²) in [7, 11) is 0. The van der Waals surface area contributed by atoms with Crippen molar-refractivity contribution in [2.45, 2.75) is 20.4 Å². The Morgan fingerprint density at radius 1 is 1.64 bits per heavy atom.